The smallest absolute Gasteiger partial charge is 0.303 e. The molecule has 4 nitrogen and oxygen atoms in total. The monoisotopic (exact) mass is 338 g/mol. The molecular weight excluding hydrogens is 304 g/mol. The van der Waals surface area contributed by atoms with Crippen molar-refractivity contribution in [3.8, 4) is 0 Å². The van der Waals surface area contributed by atoms with E-state index in [2.05, 4.69) is 6.92 Å². The van der Waals surface area contributed by atoms with Crippen LogP contribution in [0.3, 0.4) is 0 Å². The van der Waals surface area contributed by atoms with Crippen molar-refractivity contribution in [2.75, 3.05) is 0 Å². The highest BCUT2D eigenvalue weighted by molar-refractivity contribution is 5.80. The van der Waals surface area contributed by atoms with E-state index in [1.54, 1.807) is 6.08 Å². The zero-order valence-electron chi connectivity index (χ0n) is 15.2. The molecule has 0 saturated heterocycles. The highest BCUT2D eigenvalue weighted by atomic mass is 16.4. The van der Waals surface area contributed by atoms with E-state index in [9.17, 15) is 14.7 Å². The van der Waals surface area contributed by atoms with Gasteiger partial charge in [-0.2, -0.15) is 0 Å². The average Bonchev–Trinajstić information content (AvgIpc) is 2.54. The van der Waals surface area contributed by atoms with Gasteiger partial charge in [-0.15, -0.1) is 0 Å². The van der Waals surface area contributed by atoms with E-state index < -0.39 is 12.1 Å². The topological polar surface area (TPSA) is 74.6 Å². The van der Waals surface area contributed by atoms with Gasteiger partial charge in [0.05, 0.1) is 6.10 Å². The van der Waals surface area contributed by atoms with Crippen molar-refractivity contribution in [2.45, 2.75) is 84.2 Å². The molecule has 0 saturated carbocycles. The normalized spacial score (nSPS) is 14.3. The van der Waals surface area contributed by atoms with Gasteiger partial charge >= 0.3 is 5.97 Å². The third-order valence-electron chi connectivity index (χ3n) is 3.99. The van der Waals surface area contributed by atoms with Gasteiger partial charge in [-0.05, 0) is 32.1 Å². The maximum Gasteiger partial charge on any atom is 0.303 e. The van der Waals surface area contributed by atoms with Crippen LogP contribution in [0.1, 0.15) is 78.1 Å². The number of ketones is 1. The Balaban J connectivity index is 3.78. The Labute approximate surface area is 146 Å². The summed E-state index contributed by atoms with van der Waals surface area (Å²) in [6.07, 6.45) is 14.8. The van der Waals surface area contributed by atoms with Crippen molar-refractivity contribution in [1.29, 1.82) is 0 Å². The van der Waals surface area contributed by atoms with Crippen LogP contribution in [0, 0.1) is 5.92 Å². The molecule has 0 aromatic carbocycles. The summed E-state index contributed by atoms with van der Waals surface area (Å²) in [6, 6.07) is 0. The second-order valence-corrected chi connectivity index (χ2v) is 6.39. The first-order chi connectivity index (χ1) is 11.5. The van der Waals surface area contributed by atoms with Crippen LogP contribution in [0.15, 0.2) is 24.3 Å². The average molecular weight is 338 g/mol. The molecule has 0 aromatic heterocycles. The first-order valence-electron chi connectivity index (χ1n) is 9.21. The molecule has 138 valence electrons. The lowest BCUT2D eigenvalue weighted by atomic mass is 9.98. The number of carbonyl (C=O) groups excluding carboxylic acids is 1. The standard InChI is InChI=1S/C20H34O4/c1-3-4-7-13-18(21)14-10-11-15-19(22)17(2)12-8-5-6-9-16-20(23)24/h5,8,10,14,17-18,21H,3-4,6-7,9,11-13,15-16H2,1-2H3,(H,23,24)/b8-5-,14-10+. The van der Waals surface area contributed by atoms with Crippen molar-refractivity contribution < 1.29 is 19.8 Å². The molecule has 0 bridgehead atoms. The van der Waals surface area contributed by atoms with E-state index in [4.69, 9.17) is 5.11 Å². The zero-order chi connectivity index (χ0) is 18.2. The Hall–Kier alpha value is -1.42. The summed E-state index contributed by atoms with van der Waals surface area (Å²) in [5, 5.41) is 18.3. The van der Waals surface area contributed by atoms with Crippen LogP contribution in [0.2, 0.25) is 0 Å². The van der Waals surface area contributed by atoms with Gasteiger partial charge in [-0.25, -0.2) is 0 Å². The number of allylic oxidation sites excluding steroid dienone is 3. The number of unbranched alkanes of at least 4 members (excludes halogenated alkanes) is 3. The first kappa shape index (κ1) is 22.6. The summed E-state index contributed by atoms with van der Waals surface area (Å²) in [4.78, 5) is 22.4. The molecule has 0 amide bonds. The van der Waals surface area contributed by atoms with Crippen LogP contribution >= 0.6 is 0 Å². The number of hydrogen-bond donors (Lipinski definition) is 2. The SMILES string of the molecule is CCCCCC(O)/C=C/CCC(=O)C(C)C/C=C\CCCC(=O)O. The summed E-state index contributed by atoms with van der Waals surface area (Å²) in [6.45, 7) is 4.06. The Kier molecular flexibility index (Phi) is 14.2. The first-order valence-corrected chi connectivity index (χ1v) is 9.21. The number of aliphatic carboxylic acids is 1. The molecule has 2 unspecified atom stereocenters. The summed E-state index contributed by atoms with van der Waals surface area (Å²) in [7, 11) is 0. The molecular formula is C20H34O4. The molecule has 0 aliphatic carbocycles. The lowest BCUT2D eigenvalue weighted by Gasteiger charge is -2.07. The Bertz CT molecular complexity index is 398. The van der Waals surface area contributed by atoms with Crippen LogP contribution in [0.25, 0.3) is 0 Å². The molecule has 2 atom stereocenters. The van der Waals surface area contributed by atoms with Crippen LogP contribution in [0.5, 0.6) is 0 Å². The fraction of sp³-hybridized carbons (Fsp3) is 0.700. The number of aliphatic hydroxyl groups is 1. The van der Waals surface area contributed by atoms with E-state index in [-0.39, 0.29) is 18.1 Å². The molecule has 0 heterocycles. The van der Waals surface area contributed by atoms with Gasteiger partial charge in [-0.1, -0.05) is 57.4 Å². The van der Waals surface area contributed by atoms with E-state index in [1.165, 1.54) is 0 Å². The molecule has 24 heavy (non-hydrogen) atoms. The predicted molar refractivity (Wildman–Crippen MR) is 97.9 cm³/mol. The number of carbonyl (C=O) groups is 2. The number of carboxylic acid groups (broad SMARTS) is 1. The molecule has 0 fully saturated rings. The summed E-state index contributed by atoms with van der Waals surface area (Å²) in [5.74, 6) is -0.547. The molecule has 0 radical (unpaired) electrons. The third-order valence-corrected chi connectivity index (χ3v) is 3.99. The predicted octanol–water partition coefficient (Wildman–Crippen LogP) is 4.67. The zero-order valence-corrected chi connectivity index (χ0v) is 15.2. The van der Waals surface area contributed by atoms with E-state index in [0.717, 1.165) is 32.1 Å². The van der Waals surface area contributed by atoms with Crippen LogP contribution in [0.4, 0.5) is 0 Å². The van der Waals surface area contributed by atoms with Crippen molar-refractivity contribution in [1.82, 2.24) is 0 Å². The number of hydrogen-bond acceptors (Lipinski definition) is 3. The number of aliphatic hydroxyl groups excluding tert-OH is 1. The second-order valence-electron chi connectivity index (χ2n) is 6.39. The minimum atomic E-state index is -0.768. The highest BCUT2D eigenvalue weighted by Crippen LogP contribution is 2.11. The van der Waals surface area contributed by atoms with Crippen molar-refractivity contribution >= 4 is 11.8 Å². The summed E-state index contributed by atoms with van der Waals surface area (Å²) in [5.41, 5.74) is 0. The van der Waals surface area contributed by atoms with E-state index in [1.807, 2.05) is 25.2 Å². The van der Waals surface area contributed by atoms with Gasteiger partial charge in [0.25, 0.3) is 0 Å². The third kappa shape index (κ3) is 14.2. The number of Topliss-reactive ketones (excluding diaryl/α,β-unsaturated/α-hetero) is 1. The van der Waals surface area contributed by atoms with E-state index >= 15 is 0 Å². The minimum Gasteiger partial charge on any atom is -0.481 e. The van der Waals surface area contributed by atoms with Gasteiger partial charge in [0.15, 0.2) is 0 Å². The molecule has 0 rings (SSSR count). The van der Waals surface area contributed by atoms with Gasteiger partial charge in [-0.3, -0.25) is 9.59 Å². The van der Waals surface area contributed by atoms with Gasteiger partial charge in [0.1, 0.15) is 5.78 Å². The molecule has 4 heteroatoms. The maximum absolute atomic E-state index is 12.0. The maximum atomic E-state index is 12.0. The van der Waals surface area contributed by atoms with E-state index in [0.29, 0.717) is 25.7 Å². The minimum absolute atomic E-state index is 0.0106. The van der Waals surface area contributed by atoms with Crippen molar-refractivity contribution in [3.05, 3.63) is 24.3 Å². The number of carboxylic acids is 1. The molecule has 0 aliphatic rings. The van der Waals surface area contributed by atoms with Crippen molar-refractivity contribution in [3.63, 3.8) is 0 Å². The summed E-state index contributed by atoms with van der Waals surface area (Å²) >= 11 is 0. The van der Waals surface area contributed by atoms with Crippen LogP contribution < -0.4 is 0 Å². The largest absolute Gasteiger partial charge is 0.481 e. The second kappa shape index (κ2) is 15.1. The Morgan fingerprint density at radius 1 is 1.00 bits per heavy atom. The Morgan fingerprint density at radius 3 is 2.42 bits per heavy atom. The summed E-state index contributed by atoms with van der Waals surface area (Å²) < 4.78 is 0. The van der Waals surface area contributed by atoms with Crippen LogP contribution in [-0.4, -0.2) is 28.1 Å². The van der Waals surface area contributed by atoms with Gasteiger partial charge < -0.3 is 10.2 Å². The fourth-order valence-corrected chi connectivity index (χ4v) is 2.35. The van der Waals surface area contributed by atoms with Crippen molar-refractivity contribution in [2.24, 2.45) is 5.92 Å². The highest BCUT2D eigenvalue weighted by Gasteiger charge is 2.10. The lowest BCUT2D eigenvalue weighted by molar-refractivity contribution is -0.137. The molecule has 0 aliphatic heterocycles. The number of rotatable bonds is 15. The molecule has 2 N–H and O–H groups in total. The lowest BCUT2D eigenvalue weighted by Crippen LogP contribution is -2.09. The van der Waals surface area contributed by atoms with Gasteiger partial charge in [0, 0.05) is 18.8 Å². The van der Waals surface area contributed by atoms with Gasteiger partial charge in [0.2, 0.25) is 0 Å². The van der Waals surface area contributed by atoms with Crippen LogP contribution in [-0.2, 0) is 9.59 Å². The Morgan fingerprint density at radius 2 is 1.75 bits per heavy atom. The molecule has 0 aromatic rings. The molecule has 0 spiro atoms. The fourth-order valence-electron chi connectivity index (χ4n) is 2.35. The quantitative estimate of drug-likeness (QED) is 0.336.